The number of rotatable bonds is 8. The zero-order chi connectivity index (χ0) is 22.5. The minimum Gasteiger partial charge on any atom is -0.497 e. The maximum atomic E-state index is 13.1. The second-order valence-corrected chi connectivity index (χ2v) is 9.03. The molecule has 0 saturated carbocycles. The number of aromatic nitrogens is 3. The number of amides is 1. The third-order valence-corrected chi connectivity index (χ3v) is 6.77. The largest absolute Gasteiger partial charge is 0.497 e. The van der Waals surface area contributed by atoms with Crippen LogP contribution in [0.2, 0.25) is 0 Å². The van der Waals surface area contributed by atoms with E-state index in [1.807, 2.05) is 52.8 Å². The van der Waals surface area contributed by atoms with Gasteiger partial charge in [-0.1, -0.05) is 30.8 Å². The standard InChI is InChI=1S/C23H29N5O3S/c1-4-26-10-12-27(13-11-26)22(29)17(2)32-23-25-24-21(18-7-5-8-19(15-18)30-3)28(23)16-20-9-6-14-31-20/h5-9,14-15,17H,4,10-13,16H2,1-3H3. The molecule has 0 bridgehead atoms. The first kappa shape index (κ1) is 22.4. The van der Waals surface area contributed by atoms with E-state index in [0.29, 0.717) is 17.5 Å². The van der Waals surface area contributed by atoms with Gasteiger partial charge in [-0.05, 0) is 37.7 Å². The number of ether oxygens (including phenoxy) is 1. The summed E-state index contributed by atoms with van der Waals surface area (Å²) in [6, 6.07) is 11.5. The minimum atomic E-state index is -0.263. The van der Waals surface area contributed by atoms with Gasteiger partial charge in [0, 0.05) is 31.7 Å². The van der Waals surface area contributed by atoms with Gasteiger partial charge < -0.3 is 19.0 Å². The number of carbonyl (C=O) groups excluding carboxylic acids is 1. The number of benzene rings is 1. The first-order valence-electron chi connectivity index (χ1n) is 10.9. The lowest BCUT2D eigenvalue weighted by Gasteiger charge is -2.35. The second-order valence-electron chi connectivity index (χ2n) is 7.72. The molecule has 0 spiro atoms. The summed E-state index contributed by atoms with van der Waals surface area (Å²) < 4.78 is 12.9. The third kappa shape index (κ3) is 4.99. The Morgan fingerprint density at radius 3 is 2.69 bits per heavy atom. The van der Waals surface area contributed by atoms with Gasteiger partial charge in [-0.2, -0.15) is 0 Å². The molecular formula is C23H29N5O3S. The fourth-order valence-electron chi connectivity index (χ4n) is 3.80. The zero-order valence-corrected chi connectivity index (χ0v) is 19.5. The number of methoxy groups -OCH3 is 1. The highest BCUT2D eigenvalue weighted by molar-refractivity contribution is 8.00. The van der Waals surface area contributed by atoms with Crippen molar-refractivity contribution in [3.05, 3.63) is 48.4 Å². The highest BCUT2D eigenvalue weighted by Gasteiger charge is 2.27. The molecule has 0 radical (unpaired) electrons. The van der Waals surface area contributed by atoms with E-state index in [1.165, 1.54) is 11.8 Å². The van der Waals surface area contributed by atoms with Crippen molar-refractivity contribution in [2.75, 3.05) is 39.8 Å². The molecule has 1 aromatic carbocycles. The Labute approximate surface area is 192 Å². The third-order valence-electron chi connectivity index (χ3n) is 5.70. The number of nitrogens with zero attached hydrogens (tertiary/aromatic N) is 5. The number of carbonyl (C=O) groups is 1. The molecule has 3 aromatic rings. The maximum absolute atomic E-state index is 13.1. The Morgan fingerprint density at radius 1 is 1.19 bits per heavy atom. The molecule has 0 aliphatic carbocycles. The summed E-state index contributed by atoms with van der Waals surface area (Å²) in [5, 5.41) is 9.31. The molecule has 1 atom stereocenters. The van der Waals surface area contributed by atoms with Crippen LogP contribution in [0.4, 0.5) is 0 Å². The Hall–Kier alpha value is -2.78. The monoisotopic (exact) mass is 455 g/mol. The topological polar surface area (TPSA) is 76.6 Å². The predicted molar refractivity (Wildman–Crippen MR) is 124 cm³/mol. The normalized spacial score (nSPS) is 15.7. The van der Waals surface area contributed by atoms with Gasteiger partial charge in [-0.3, -0.25) is 9.36 Å². The molecule has 3 heterocycles. The van der Waals surface area contributed by atoms with Gasteiger partial charge in [0.05, 0.1) is 25.2 Å². The number of likely N-dealkylation sites (N-methyl/N-ethyl adjacent to an activating group) is 1. The van der Waals surface area contributed by atoms with Crippen molar-refractivity contribution in [1.82, 2.24) is 24.6 Å². The number of furan rings is 1. The molecule has 32 heavy (non-hydrogen) atoms. The Morgan fingerprint density at radius 2 is 2.00 bits per heavy atom. The molecule has 170 valence electrons. The fraction of sp³-hybridized carbons (Fsp3) is 0.435. The van der Waals surface area contributed by atoms with E-state index in [4.69, 9.17) is 9.15 Å². The molecule has 9 heteroatoms. The first-order chi connectivity index (χ1) is 15.6. The summed E-state index contributed by atoms with van der Waals surface area (Å²) in [5.41, 5.74) is 0.893. The number of piperazine rings is 1. The molecule has 1 amide bonds. The van der Waals surface area contributed by atoms with Gasteiger partial charge in [0.25, 0.3) is 0 Å². The van der Waals surface area contributed by atoms with Gasteiger partial charge in [0.1, 0.15) is 11.5 Å². The zero-order valence-electron chi connectivity index (χ0n) is 18.7. The highest BCUT2D eigenvalue weighted by Crippen LogP contribution is 2.30. The maximum Gasteiger partial charge on any atom is 0.235 e. The SMILES string of the molecule is CCN1CCN(C(=O)C(C)Sc2nnc(-c3cccc(OC)c3)n2Cc2ccco2)CC1. The Bertz CT molecular complexity index is 1030. The van der Waals surface area contributed by atoms with Crippen LogP contribution in [0.5, 0.6) is 5.75 Å². The molecule has 2 aromatic heterocycles. The quantitative estimate of drug-likeness (QED) is 0.483. The Balaban J connectivity index is 1.56. The van der Waals surface area contributed by atoms with Crippen LogP contribution in [0.3, 0.4) is 0 Å². The molecule has 0 N–H and O–H groups in total. The van der Waals surface area contributed by atoms with E-state index in [0.717, 1.165) is 49.8 Å². The summed E-state index contributed by atoms with van der Waals surface area (Å²) in [7, 11) is 1.64. The van der Waals surface area contributed by atoms with Gasteiger partial charge >= 0.3 is 0 Å². The van der Waals surface area contributed by atoms with E-state index in [1.54, 1.807) is 13.4 Å². The molecule has 1 saturated heterocycles. The van der Waals surface area contributed by atoms with E-state index in [9.17, 15) is 4.79 Å². The lowest BCUT2D eigenvalue weighted by atomic mass is 10.2. The van der Waals surface area contributed by atoms with Crippen LogP contribution >= 0.6 is 11.8 Å². The van der Waals surface area contributed by atoms with Crippen molar-refractivity contribution in [2.45, 2.75) is 30.8 Å². The van der Waals surface area contributed by atoms with Crippen LogP contribution in [-0.4, -0.2) is 75.6 Å². The van der Waals surface area contributed by atoms with Crippen LogP contribution in [0.25, 0.3) is 11.4 Å². The van der Waals surface area contributed by atoms with E-state index in [2.05, 4.69) is 22.0 Å². The molecule has 1 fully saturated rings. The van der Waals surface area contributed by atoms with Gasteiger partial charge in [-0.15, -0.1) is 10.2 Å². The summed E-state index contributed by atoms with van der Waals surface area (Å²) in [5.74, 6) is 2.39. The molecule has 8 nitrogen and oxygen atoms in total. The number of hydrogen-bond donors (Lipinski definition) is 0. The van der Waals surface area contributed by atoms with Crippen LogP contribution in [0.1, 0.15) is 19.6 Å². The molecule has 1 aliphatic heterocycles. The summed E-state index contributed by atoms with van der Waals surface area (Å²) in [6.45, 7) is 8.98. The van der Waals surface area contributed by atoms with Crippen molar-refractivity contribution in [1.29, 1.82) is 0 Å². The summed E-state index contributed by atoms with van der Waals surface area (Å²) in [4.78, 5) is 17.4. The average Bonchev–Trinajstić information content (AvgIpc) is 3.49. The fourth-order valence-corrected chi connectivity index (χ4v) is 4.73. The Kier molecular flexibility index (Phi) is 7.16. The van der Waals surface area contributed by atoms with E-state index in [-0.39, 0.29) is 11.2 Å². The summed E-state index contributed by atoms with van der Waals surface area (Å²) in [6.07, 6.45) is 1.65. The van der Waals surface area contributed by atoms with Crippen molar-refractivity contribution in [3.8, 4) is 17.1 Å². The van der Waals surface area contributed by atoms with Crippen molar-refractivity contribution >= 4 is 17.7 Å². The minimum absolute atomic E-state index is 0.140. The molecule has 4 rings (SSSR count). The number of thioether (sulfide) groups is 1. The highest BCUT2D eigenvalue weighted by atomic mass is 32.2. The van der Waals surface area contributed by atoms with Gasteiger partial charge in [0.15, 0.2) is 11.0 Å². The predicted octanol–water partition coefficient (Wildman–Crippen LogP) is 3.24. The van der Waals surface area contributed by atoms with Crippen molar-refractivity contribution < 1.29 is 13.9 Å². The molecule has 1 aliphatic rings. The van der Waals surface area contributed by atoms with Crippen molar-refractivity contribution in [3.63, 3.8) is 0 Å². The van der Waals surface area contributed by atoms with E-state index < -0.39 is 0 Å². The van der Waals surface area contributed by atoms with E-state index >= 15 is 0 Å². The molecular weight excluding hydrogens is 426 g/mol. The van der Waals surface area contributed by atoms with Gasteiger partial charge in [0.2, 0.25) is 5.91 Å². The summed E-state index contributed by atoms with van der Waals surface area (Å²) >= 11 is 1.44. The smallest absolute Gasteiger partial charge is 0.235 e. The van der Waals surface area contributed by atoms with Gasteiger partial charge in [-0.25, -0.2) is 0 Å². The average molecular weight is 456 g/mol. The number of hydrogen-bond acceptors (Lipinski definition) is 7. The van der Waals surface area contributed by atoms with Crippen LogP contribution in [-0.2, 0) is 11.3 Å². The van der Waals surface area contributed by atoms with Crippen LogP contribution in [0, 0.1) is 0 Å². The van der Waals surface area contributed by atoms with Crippen molar-refractivity contribution in [2.24, 2.45) is 0 Å². The lowest BCUT2D eigenvalue weighted by molar-refractivity contribution is -0.132. The van der Waals surface area contributed by atoms with Crippen LogP contribution < -0.4 is 4.74 Å². The second kappa shape index (κ2) is 10.2. The molecule has 1 unspecified atom stereocenters. The lowest BCUT2D eigenvalue weighted by Crippen LogP contribution is -2.50. The van der Waals surface area contributed by atoms with Crippen LogP contribution in [0.15, 0.2) is 52.2 Å². The first-order valence-corrected chi connectivity index (χ1v) is 11.7.